The number of piperidine rings is 1. The molecule has 3 rings (SSSR count). The Morgan fingerprint density at radius 1 is 1.07 bits per heavy atom. The molecule has 1 saturated heterocycles. The maximum atomic E-state index is 12.6. The third-order valence-corrected chi connectivity index (χ3v) is 5.88. The fraction of sp³-hybridized carbons (Fsp3) is 0.364. The number of likely N-dealkylation sites (tertiary alicyclic amines) is 1. The molecule has 5 heteroatoms. The number of aryl methyl sites for hydroxylation is 1. The molecule has 142 valence electrons. The second kappa shape index (κ2) is 9.18. The van der Waals surface area contributed by atoms with Crippen molar-refractivity contribution in [1.82, 2.24) is 10.2 Å². The minimum atomic E-state index is 0.0778. The van der Waals surface area contributed by atoms with Gasteiger partial charge in [0.2, 0.25) is 5.91 Å². The number of hydrogen-bond donors (Lipinski definition) is 1. The van der Waals surface area contributed by atoms with Crippen molar-refractivity contribution in [2.24, 2.45) is 5.92 Å². The van der Waals surface area contributed by atoms with E-state index in [4.69, 9.17) is 0 Å². The van der Waals surface area contributed by atoms with Gasteiger partial charge in [-0.2, -0.15) is 0 Å². The summed E-state index contributed by atoms with van der Waals surface area (Å²) in [5, 5.41) is 3.00. The fourth-order valence-electron chi connectivity index (χ4n) is 3.39. The van der Waals surface area contributed by atoms with E-state index in [9.17, 15) is 9.59 Å². The molecule has 0 radical (unpaired) electrons. The van der Waals surface area contributed by atoms with Crippen molar-refractivity contribution in [3.05, 3.63) is 69.7 Å². The number of halogens is 1. The third-order valence-electron chi connectivity index (χ3n) is 5.11. The molecule has 27 heavy (non-hydrogen) atoms. The number of benzene rings is 2. The van der Waals surface area contributed by atoms with Crippen LogP contribution in [0.4, 0.5) is 0 Å². The van der Waals surface area contributed by atoms with Crippen LogP contribution in [0.15, 0.2) is 53.0 Å². The Balaban J connectivity index is 1.43. The van der Waals surface area contributed by atoms with Crippen LogP contribution in [0.5, 0.6) is 0 Å². The number of carbonyl (C=O) groups is 2. The normalized spacial score (nSPS) is 14.8. The van der Waals surface area contributed by atoms with Crippen LogP contribution in [0.25, 0.3) is 0 Å². The first-order valence-electron chi connectivity index (χ1n) is 9.39. The van der Waals surface area contributed by atoms with Crippen LogP contribution < -0.4 is 5.32 Å². The van der Waals surface area contributed by atoms with Crippen LogP contribution in [-0.4, -0.2) is 29.8 Å². The molecule has 0 spiro atoms. The van der Waals surface area contributed by atoms with Gasteiger partial charge in [0.05, 0.1) is 0 Å². The molecule has 2 amide bonds. The predicted molar refractivity (Wildman–Crippen MR) is 110 cm³/mol. The van der Waals surface area contributed by atoms with Gasteiger partial charge < -0.3 is 10.2 Å². The van der Waals surface area contributed by atoms with Crippen LogP contribution in [0.3, 0.4) is 0 Å². The second-order valence-electron chi connectivity index (χ2n) is 7.17. The molecule has 1 aliphatic heterocycles. The molecule has 0 bridgehead atoms. The lowest BCUT2D eigenvalue weighted by Gasteiger charge is -2.32. The number of rotatable bonds is 5. The Hall–Kier alpha value is -2.14. The second-order valence-corrected chi connectivity index (χ2v) is 8.03. The lowest BCUT2D eigenvalue weighted by Crippen LogP contribution is -2.39. The Morgan fingerprint density at radius 3 is 2.41 bits per heavy atom. The number of hydrogen-bond acceptors (Lipinski definition) is 2. The first-order valence-corrected chi connectivity index (χ1v) is 10.2. The monoisotopic (exact) mass is 428 g/mol. The molecule has 2 aromatic carbocycles. The van der Waals surface area contributed by atoms with Gasteiger partial charge in [-0.05, 0) is 49.4 Å². The van der Waals surface area contributed by atoms with E-state index in [1.807, 2.05) is 60.4 Å². The quantitative estimate of drug-likeness (QED) is 0.770. The lowest BCUT2D eigenvalue weighted by molar-refractivity contribution is -0.122. The molecule has 0 aromatic heterocycles. The summed E-state index contributed by atoms with van der Waals surface area (Å²) in [4.78, 5) is 26.7. The van der Waals surface area contributed by atoms with E-state index < -0.39 is 0 Å². The average Bonchev–Trinajstić information content (AvgIpc) is 2.68. The summed E-state index contributed by atoms with van der Waals surface area (Å²) < 4.78 is 1.01. The van der Waals surface area contributed by atoms with Gasteiger partial charge in [0.15, 0.2) is 0 Å². The average molecular weight is 429 g/mol. The zero-order chi connectivity index (χ0) is 19.2. The molecule has 1 heterocycles. The van der Waals surface area contributed by atoms with Crippen LogP contribution >= 0.6 is 15.9 Å². The summed E-state index contributed by atoms with van der Waals surface area (Å²) in [7, 11) is 0. The van der Waals surface area contributed by atoms with Crippen LogP contribution in [-0.2, 0) is 11.3 Å². The summed E-state index contributed by atoms with van der Waals surface area (Å²) in [6.07, 6.45) is 2.27. The van der Waals surface area contributed by atoms with Crippen molar-refractivity contribution in [1.29, 1.82) is 0 Å². The highest BCUT2D eigenvalue weighted by Crippen LogP contribution is 2.22. The number of amides is 2. The molecule has 1 aliphatic rings. The van der Waals surface area contributed by atoms with Crippen molar-refractivity contribution < 1.29 is 9.59 Å². The highest BCUT2D eigenvalue weighted by molar-refractivity contribution is 9.10. The number of nitrogens with zero attached hydrogens (tertiary/aromatic N) is 1. The highest BCUT2D eigenvalue weighted by Gasteiger charge is 2.25. The van der Waals surface area contributed by atoms with Gasteiger partial charge in [0.25, 0.3) is 5.91 Å². The Kier molecular flexibility index (Phi) is 6.67. The highest BCUT2D eigenvalue weighted by atomic mass is 79.9. The van der Waals surface area contributed by atoms with Gasteiger partial charge in [0, 0.05) is 36.1 Å². The van der Waals surface area contributed by atoms with Crippen molar-refractivity contribution in [2.75, 3.05) is 13.1 Å². The maximum Gasteiger partial charge on any atom is 0.253 e. The van der Waals surface area contributed by atoms with E-state index in [2.05, 4.69) is 21.2 Å². The van der Waals surface area contributed by atoms with Crippen molar-refractivity contribution in [3.8, 4) is 0 Å². The minimum absolute atomic E-state index is 0.0778. The van der Waals surface area contributed by atoms with E-state index in [0.29, 0.717) is 18.9 Å². The van der Waals surface area contributed by atoms with E-state index in [0.717, 1.165) is 47.1 Å². The fourth-order valence-corrected chi connectivity index (χ4v) is 3.81. The lowest BCUT2D eigenvalue weighted by atomic mass is 9.92. The van der Waals surface area contributed by atoms with Crippen molar-refractivity contribution in [3.63, 3.8) is 0 Å². The van der Waals surface area contributed by atoms with Gasteiger partial charge in [-0.25, -0.2) is 0 Å². The summed E-state index contributed by atoms with van der Waals surface area (Å²) in [5.41, 5.74) is 2.97. The molecule has 0 atom stereocenters. The Bertz CT molecular complexity index is 796. The van der Waals surface area contributed by atoms with E-state index in [-0.39, 0.29) is 11.8 Å². The molecule has 0 aliphatic carbocycles. The Morgan fingerprint density at radius 2 is 1.74 bits per heavy atom. The smallest absolute Gasteiger partial charge is 0.253 e. The summed E-state index contributed by atoms with van der Waals surface area (Å²) in [6, 6.07) is 15.6. The standard InChI is InChI=1S/C22H25BrN2O2/c1-16-6-8-18(9-7-16)22(27)25-12-10-17(11-13-25)14-21(26)24-15-19-4-2-3-5-20(19)23/h2-9,17H,10-15H2,1H3,(H,24,26). The van der Waals surface area contributed by atoms with Gasteiger partial charge in [-0.15, -0.1) is 0 Å². The Labute approximate surface area is 169 Å². The predicted octanol–water partition coefficient (Wildman–Crippen LogP) is 4.32. The van der Waals surface area contributed by atoms with E-state index in [1.165, 1.54) is 0 Å². The molecular formula is C22H25BrN2O2. The topological polar surface area (TPSA) is 49.4 Å². The van der Waals surface area contributed by atoms with Gasteiger partial charge >= 0.3 is 0 Å². The largest absolute Gasteiger partial charge is 0.352 e. The zero-order valence-corrected chi connectivity index (χ0v) is 17.2. The van der Waals surface area contributed by atoms with Crippen LogP contribution in [0.2, 0.25) is 0 Å². The molecule has 4 nitrogen and oxygen atoms in total. The van der Waals surface area contributed by atoms with Gasteiger partial charge in [0.1, 0.15) is 0 Å². The molecular weight excluding hydrogens is 404 g/mol. The molecule has 0 saturated carbocycles. The first kappa shape index (κ1) is 19.6. The van der Waals surface area contributed by atoms with Crippen molar-refractivity contribution in [2.45, 2.75) is 32.7 Å². The third kappa shape index (κ3) is 5.42. The molecule has 1 N–H and O–H groups in total. The summed E-state index contributed by atoms with van der Waals surface area (Å²) >= 11 is 3.50. The maximum absolute atomic E-state index is 12.6. The first-order chi connectivity index (χ1) is 13.0. The molecule has 0 unspecified atom stereocenters. The van der Waals surface area contributed by atoms with E-state index >= 15 is 0 Å². The van der Waals surface area contributed by atoms with Crippen LogP contribution in [0, 0.1) is 12.8 Å². The molecule has 1 fully saturated rings. The number of carbonyl (C=O) groups excluding carboxylic acids is 2. The SMILES string of the molecule is Cc1ccc(C(=O)N2CCC(CC(=O)NCc3ccccc3Br)CC2)cc1. The summed E-state index contributed by atoms with van der Waals surface area (Å²) in [5.74, 6) is 0.507. The van der Waals surface area contributed by atoms with Gasteiger partial charge in [-0.1, -0.05) is 51.8 Å². The number of nitrogens with one attached hydrogen (secondary N) is 1. The van der Waals surface area contributed by atoms with Crippen LogP contribution in [0.1, 0.15) is 40.7 Å². The minimum Gasteiger partial charge on any atom is -0.352 e. The molecule has 2 aromatic rings. The van der Waals surface area contributed by atoms with E-state index in [1.54, 1.807) is 0 Å². The van der Waals surface area contributed by atoms with Gasteiger partial charge in [-0.3, -0.25) is 9.59 Å². The summed E-state index contributed by atoms with van der Waals surface area (Å²) in [6.45, 7) is 3.98. The zero-order valence-electron chi connectivity index (χ0n) is 15.6. The van der Waals surface area contributed by atoms with Crippen molar-refractivity contribution >= 4 is 27.7 Å².